The quantitative estimate of drug-likeness (QED) is 0.415. The van der Waals surface area contributed by atoms with E-state index < -0.39 is 28.9 Å². The van der Waals surface area contributed by atoms with Crippen LogP contribution < -0.4 is 5.32 Å². The molecule has 190 valence electrons. The summed E-state index contributed by atoms with van der Waals surface area (Å²) in [7, 11) is 3.21. The van der Waals surface area contributed by atoms with Gasteiger partial charge in [-0.3, -0.25) is 9.59 Å². The number of hydrogen-bond acceptors (Lipinski definition) is 6. The van der Waals surface area contributed by atoms with E-state index in [4.69, 9.17) is 9.47 Å². The van der Waals surface area contributed by atoms with Gasteiger partial charge in [0.25, 0.3) is 0 Å². The number of rotatable bonds is 6. The number of pyridine rings is 1. The number of nitrogens with zero attached hydrogens (tertiary/aromatic N) is 3. The smallest absolute Gasteiger partial charge is 0.321 e. The Morgan fingerprint density at radius 2 is 1.97 bits per heavy atom. The van der Waals surface area contributed by atoms with Crippen molar-refractivity contribution < 1.29 is 27.8 Å². The molecule has 10 heteroatoms. The van der Waals surface area contributed by atoms with Crippen molar-refractivity contribution in [2.45, 2.75) is 32.3 Å². The van der Waals surface area contributed by atoms with Crippen molar-refractivity contribution in [2.75, 3.05) is 39.2 Å². The standard InChI is InChI=1S/C26H28F2N4O4/c1-15-4-7-32-20(13-17-14-31(2)8-9-36-17)23(30-21(32)10-15)22-18(27)11-16(12-19(22)28)29-24(33)26(5-6-26)25(34)35-3/h4,7,10-12,17H,5-6,8-9,13-14H2,1-3H3,(H,29,33). The van der Waals surface area contributed by atoms with E-state index in [-0.39, 0.29) is 23.0 Å². The largest absolute Gasteiger partial charge is 0.468 e. The first-order valence-corrected chi connectivity index (χ1v) is 11.9. The molecule has 1 aliphatic heterocycles. The van der Waals surface area contributed by atoms with E-state index in [0.717, 1.165) is 24.2 Å². The lowest BCUT2D eigenvalue weighted by atomic mass is 10.0. The molecular formula is C26H28F2N4O4. The predicted molar refractivity (Wildman–Crippen MR) is 129 cm³/mol. The van der Waals surface area contributed by atoms with Gasteiger partial charge in [-0.25, -0.2) is 13.8 Å². The number of aromatic nitrogens is 2. The fourth-order valence-electron chi connectivity index (χ4n) is 4.76. The highest BCUT2D eigenvalue weighted by atomic mass is 19.1. The zero-order chi connectivity index (χ0) is 25.6. The molecule has 1 amide bonds. The Labute approximate surface area is 207 Å². The van der Waals surface area contributed by atoms with Crippen molar-refractivity contribution in [3.63, 3.8) is 0 Å². The third-order valence-corrected chi connectivity index (χ3v) is 6.94. The van der Waals surface area contributed by atoms with Gasteiger partial charge < -0.3 is 24.1 Å². The maximum atomic E-state index is 15.4. The summed E-state index contributed by atoms with van der Waals surface area (Å²) in [4.78, 5) is 31.4. The second kappa shape index (κ2) is 9.25. The number of nitrogens with one attached hydrogen (secondary N) is 1. The number of fused-ring (bicyclic) bond motifs is 1. The summed E-state index contributed by atoms with van der Waals surface area (Å²) in [5.41, 5.74) is 0.739. The van der Waals surface area contributed by atoms with Crippen LogP contribution in [0, 0.1) is 24.0 Å². The number of likely N-dealkylation sites (N-methyl/N-ethyl adjacent to an activating group) is 1. The molecule has 0 spiro atoms. The lowest BCUT2D eigenvalue weighted by Gasteiger charge is -2.30. The number of imidazole rings is 1. The number of carbonyl (C=O) groups is 2. The highest BCUT2D eigenvalue weighted by molar-refractivity contribution is 6.11. The zero-order valence-electron chi connectivity index (χ0n) is 20.4. The summed E-state index contributed by atoms with van der Waals surface area (Å²) in [6, 6.07) is 5.87. The number of anilines is 1. The van der Waals surface area contributed by atoms with Gasteiger partial charge in [-0.15, -0.1) is 0 Å². The van der Waals surface area contributed by atoms with E-state index >= 15 is 8.78 Å². The molecule has 3 heterocycles. The number of carbonyl (C=O) groups excluding carboxylic acids is 2. The molecule has 2 aromatic heterocycles. The molecule has 1 atom stereocenters. The minimum atomic E-state index is -1.29. The molecule has 1 aromatic carbocycles. The minimum absolute atomic E-state index is 0.0766. The molecule has 0 radical (unpaired) electrons. The molecule has 1 saturated heterocycles. The van der Waals surface area contributed by atoms with Crippen molar-refractivity contribution >= 4 is 23.2 Å². The van der Waals surface area contributed by atoms with Gasteiger partial charge in [0.2, 0.25) is 5.91 Å². The summed E-state index contributed by atoms with van der Waals surface area (Å²) in [5.74, 6) is -3.02. The molecule has 3 aromatic rings. The summed E-state index contributed by atoms with van der Waals surface area (Å²) >= 11 is 0. The van der Waals surface area contributed by atoms with Crippen LogP contribution in [0.2, 0.25) is 0 Å². The summed E-state index contributed by atoms with van der Waals surface area (Å²) < 4.78 is 43.3. The van der Waals surface area contributed by atoms with Gasteiger partial charge in [0.05, 0.1) is 36.8 Å². The van der Waals surface area contributed by atoms with Gasteiger partial charge in [-0.1, -0.05) is 0 Å². The van der Waals surface area contributed by atoms with E-state index in [1.165, 1.54) is 7.11 Å². The summed E-state index contributed by atoms with van der Waals surface area (Å²) in [6.45, 7) is 4.02. The minimum Gasteiger partial charge on any atom is -0.468 e. The second-order valence-electron chi connectivity index (χ2n) is 9.64. The van der Waals surface area contributed by atoms with Crippen LogP contribution in [-0.4, -0.2) is 66.1 Å². The Bertz CT molecular complexity index is 1330. The van der Waals surface area contributed by atoms with Crippen LogP contribution in [0.5, 0.6) is 0 Å². The van der Waals surface area contributed by atoms with Gasteiger partial charge in [-0.2, -0.15) is 0 Å². The molecule has 2 aliphatic rings. The molecule has 0 bridgehead atoms. The number of halogens is 2. The van der Waals surface area contributed by atoms with Crippen LogP contribution in [0.4, 0.5) is 14.5 Å². The lowest BCUT2D eigenvalue weighted by molar-refractivity contribution is -0.150. The number of morpholine rings is 1. The fourth-order valence-corrected chi connectivity index (χ4v) is 4.76. The SMILES string of the molecule is COC(=O)C1(C(=O)Nc2cc(F)c(-c3nc4cc(C)ccn4c3CC3CN(C)CCO3)c(F)c2)CC1. The number of aryl methyl sites for hydroxylation is 1. The Kier molecular flexibility index (Phi) is 6.25. The van der Waals surface area contributed by atoms with Crippen LogP contribution >= 0.6 is 0 Å². The Morgan fingerprint density at radius 3 is 2.61 bits per heavy atom. The molecule has 1 aliphatic carbocycles. The van der Waals surface area contributed by atoms with Crippen LogP contribution in [0.3, 0.4) is 0 Å². The molecule has 8 nitrogen and oxygen atoms in total. The predicted octanol–water partition coefficient (Wildman–Crippen LogP) is 3.35. The second-order valence-corrected chi connectivity index (χ2v) is 9.64. The third-order valence-electron chi connectivity index (χ3n) is 6.94. The highest BCUT2D eigenvalue weighted by Gasteiger charge is 2.57. The first kappa shape index (κ1) is 24.3. The van der Waals surface area contributed by atoms with Crippen molar-refractivity contribution in [2.24, 2.45) is 5.41 Å². The summed E-state index contributed by atoms with van der Waals surface area (Å²) in [6.07, 6.45) is 2.77. The van der Waals surface area contributed by atoms with E-state index in [1.807, 2.05) is 36.7 Å². The van der Waals surface area contributed by atoms with Crippen molar-refractivity contribution in [3.8, 4) is 11.3 Å². The Morgan fingerprint density at radius 1 is 1.25 bits per heavy atom. The average Bonchev–Trinajstić information content (AvgIpc) is 3.57. The number of hydrogen-bond donors (Lipinski definition) is 1. The third kappa shape index (κ3) is 4.35. The monoisotopic (exact) mass is 498 g/mol. The van der Waals surface area contributed by atoms with E-state index in [9.17, 15) is 9.59 Å². The molecule has 1 saturated carbocycles. The van der Waals surface area contributed by atoms with Gasteiger partial charge in [-0.05, 0) is 56.6 Å². The Balaban J connectivity index is 1.51. The first-order chi connectivity index (χ1) is 17.2. The van der Waals surface area contributed by atoms with E-state index in [2.05, 4.69) is 15.2 Å². The van der Waals surface area contributed by atoms with Crippen LogP contribution in [0.25, 0.3) is 16.9 Å². The molecular weight excluding hydrogens is 470 g/mol. The molecule has 1 unspecified atom stereocenters. The zero-order valence-corrected chi connectivity index (χ0v) is 20.4. The lowest BCUT2D eigenvalue weighted by Crippen LogP contribution is -2.41. The maximum Gasteiger partial charge on any atom is 0.321 e. The number of ether oxygens (including phenoxy) is 2. The molecule has 5 rings (SSSR count). The van der Waals surface area contributed by atoms with Crippen LogP contribution in [-0.2, 0) is 25.5 Å². The fraction of sp³-hybridized carbons (Fsp3) is 0.423. The molecule has 1 N–H and O–H groups in total. The number of benzene rings is 1. The molecule has 36 heavy (non-hydrogen) atoms. The first-order valence-electron chi connectivity index (χ1n) is 11.9. The van der Waals surface area contributed by atoms with Crippen LogP contribution in [0.1, 0.15) is 24.1 Å². The van der Waals surface area contributed by atoms with Gasteiger partial charge in [0.1, 0.15) is 22.7 Å². The topological polar surface area (TPSA) is 85.2 Å². The Hall–Kier alpha value is -3.37. The summed E-state index contributed by atoms with van der Waals surface area (Å²) in [5, 5.41) is 2.47. The van der Waals surface area contributed by atoms with Gasteiger partial charge in [0, 0.05) is 31.4 Å². The number of esters is 1. The molecule has 2 fully saturated rings. The van der Waals surface area contributed by atoms with Crippen molar-refractivity contribution in [1.29, 1.82) is 0 Å². The maximum absolute atomic E-state index is 15.4. The van der Waals surface area contributed by atoms with E-state index in [1.54, 1.807) is 0 Å². The van der Waals surface area contributed by atoms with E-state index in [0.29, 0.717) is 43.8 Å². The number of amides is 1. The van der Waals surface area contributed by atoms with Crippen LogP contribution in [0.15, 0.2) is 30.5 Å². The van der Waals surface area contributed by atoms with Gasteiger partial charge in [0.15, 0.2) is 0 Å². The highest BCUT2D eigenvalue weighted by Crippen LogP contribution is 2.47. The van der Waals surface area contributed by atoms with Crippen molar-refractivity contribution in [3.05, 3.63) is 53.4 Å². The number of methoxy groups -OCH3 is 1. The normalized spacial score (nSPS) is 19.3. The average molecular weight is 499 g/mol. The van der Waals surface area contributed by atoms with Gasteiger partial charge >= 0.3 is 5.97 Å². The van der Waals surface area contributed by atoms with Crippen molar-refractivity contribution in [1.82, 2.24) is 14.3 Å².